The van der Waals surface area contributed by atoms with Crippen molar-refractivity contribution >= 4 is 10.9 Å². The van der Waals surface area contributed by atoms with Crippen molar-refractivity contribution in [1.29, 1.82) is 0 Å². The van der Waals surface area contributed by atoms with Crippen LogP contribution < -0.4 is 0 Å². The highest BCUT2D eigenvalue weighted by molar-refractivity contribution is 5.81. The lowest BCUT2D eigenvalue weighted by Gasteiger charge is -1.95. The van der Waals surface area contributed by atoms with Gasteiger partial charge >= 0.3 is 0 Å². The molecule has 0 fully saturated rings. The Hall–Kier alpha value is -1.38. The van der Waals surface area contributed by atoms with Crippen molar-refractivity contribution in [2.75, 3.05) is 0 Å². The molecule has 0 bridgehead atoms. The van der Waals surface area contributed by atoms with Gasteiger partial charge in [0.15, 0.2) is 0 Å². The lowest BCUT2D eigenvalue weighted by Crippen LogP contribution is -1.81. The van der Waals surface area contributed by atoms with E-state index in [1.165, 1.54) is 6.07 Å². The van der Waals surface area contributed by atoms with E-state index in [1.54, 1.807) is 19.2 Å². The second-order valence-electron chi connectivity index (χ2n) is 2.50. The van der Waals surface area contributed by atoms with Crippen LogP contribution >= 0.6 is 0 Å². The largest absolute Gasteiger partial charge is 0.278 e. The third kappa shape index (κ3) is 1.69. The topological polar surface area (TPSA) is 28.7 Å². The highest BCUT2D eigenvalue weighted by Gasteiger charge is 2.02. The molecule has 70 valence electrons. The minimum Gasteiger partial charge on any atom is -0.278 e. The fourth-order valence-corrected chi connectivity index (χ4v) is 1.13. The molecule has 2 aromatic rings. The van der Waals surface area contributed by atoms with Crippen LogP contribution in [0.2, 0.25) is 0 Å². The molecule has 13 heavy (non-hydrogen) atoms. The first-order chi connectivity index (χ1) is 6.29. The Morgan fingerprint density at radius 3 is 2.69 bits per heavy atom. The number of rotatable bonds is 0. The Balaban J connectivity index is 0.000000396. The second-order valence-corrected chi connectivity index (χ2v) is 2.50. The summed E-state index contributed by atoms with van der Waals surface area (Å²) in [6.07, 6.45) is 1.63. The number of fused-ring (bicyclic) bond motifs is 1. The zero-order valence-corrected chi connectivity index (χ0v) is 8.06. The molecule has 0 atom stereocenters. The Labute approximate surface area is 76.8 Å². The normalized spacial score (nSPS) is 9.54. The van der Waals surface area contributed by atoms with E-state index >= 15 is 0 Å². The standard InChI is InChI=1S/C8H7FN2.C2H6/c1-5-6-4-10-11-8(6)3-2-7(5)9;1-2/h2-4H,1H3,(H,10,11);1-2H3. The van der Waals surface area contributed by atoms with Gasteiger partial charge in [-0.25, -0.2) is 4.39 Å². The first kappa shape index (κ1) is 9.71. The van der Waals surface area contributed by atoms with Gasteiger partial charge in [0.05, 0.1) is 11.7 Å². The molecule has 0 aliphatic heterocycles. The second kappa shape index (κ2) is 4.03. The molecule has 2 rings (SSSR count). The van der Waals surface area contributed by atoms with Gasteiger partial charge < -0.3 is 0 Å². The summed E-state index contributed by atoms with van der Waals surface area (Å²) >= 11 is 0. The molecular weight excluding hydrogens is 167 g/mol. The number of halogens is 1. The van der Waals surface area contributed by atoms with Gasteiger partial charge in [-0.05, 0) is 24.6 Å². The Morgan fingerprint density at radius 2 is 2.00 bits per heavy atom. The number of H-pyrrole nitrogens is 1. The van der Waals surface area contributed by atoms with Crippen LogP contribution in [0, 0.1) is 12.7 Å². The SMILES string of the molecule is CC.Cc1c(F)ccc2[nH]ncc12. The maximum absolute atomic E-state index is 12.9. The lowest BCUT2D eigenvalue weighted by atomic mass is 10.1. The van der Waals surface area contributed by atoms with Gasteiger partial charge in [0.25, 0.3) is 0 Å². The Morgan fingerprint density at radius 1 is 1.31 bits per heavy atom. The fraction of sp³-hybridized carbons (Fsp3) is 0.300. The van der Waals surface area contributed by atoms with E-state index < -0.39 is 0 Å². The third-order valence-corrected chi connectivity index (χ3v) is 1.83. The zero-order chi connectivity index (χ0) is 9.84. The first-order valence-electron chi connectivity index (χ1n) is 4.37. The van der Waals surface area contributed by atoms with Gasteiger partial charge in [0.1, 0.15) is 5.82 Å². The molecule has 0 aliphatic carbocycles. The van der Waals surface area contributed by atoms with E-state index in [0.717, 1.165) is 10.9 Å². The van der Waals surface area contributed by atoms with Crippen LogP contribution in [0.3, 0.4) is 0 Å². The van der Waals surface area contributed by atoms with Crippen molar-refractivity contribution in [1.82, 2.24) is 10.2 Å². The van der Waals surface area contributed by atoms with Gasteiger partial charge in [0, 0.05) is 5.39 Å². The van der Waals surface area contributed by atoms with E-state index in [2.05, 4.69) is 10.2 Å². The minimum absolute atomic E-state index is 0.182. The molecule has 0 saturated heterocycles. The van der Waals surface area contributed by atoms with E-state index in [-0.39, 0.29) is 5.82 Å². The van der Waals surface area contributed by atoms with E-state index in [4.69, 9.17) is 0 Å². The highest BCUT2D eigenvalue weighted by Crippen LogP contribution is 2.17. The molecule has 1 N–H and O–H groups in total. The summed E-state index contributed by atoms with van der Waals surface area (Å²) in [5, 5.41) is 7.43. The van der Waals surface area contributed by atoms with E-state index in [9.17, 15) is 4.39 Å². The summed E-state index contributed by atoms with van der Waals surface area (Å²) < 4.78 is 12.9. The highest BCUT2D eigenvalue weighted by atomic mass is 19.1. The molecule has 1 heterocycles. The van der Waals surface area contributed by atoms with Crippen molar-refractivity contribution in [3.8, 4) is 0 Å². The minimum atomic E-state index is -0.182. The summed E-state index contributed by atoms with van der Waals surface area (Å²) in [5.41, 5.74) is 1.53. The van der Waals surface area contributed by atoms with Crippen molar-refractivity contribution in [2.45, 2.75) is 20.8 Å². The van der Waals surface area contributed by atoms with Crippen molar-refractivity contribution in [3.63, 3.8) is 0 Å². The molecule has 1 aromatic carbocycles. The molecular formula is C10H13FN2. The molecule has 0 amide bonds. The predicted molar refractivity (Wildman–Crippen MR) is 52.1 cm³/mol. The van der Waals surface area contributed by atoms with Crippen molar-refractivity contribution < 1.29 is 4.39 Å². The average Bonchev–Trinajstić information content (AvgIpc) is 2.63. The lowest BCUT2D eigenvalue weighted by molar-refractivity contribution is 0.621. The van der Waals surface area contributed by atoms with E-state index in [0.29, 0.717) is 5.56 Å². The average molecular weight is 180 g/mol. The van der Waals surface area contributed by atoms with Crippen LogP contribution in [0.4, 0.5) is 4.39 Å². The monoisotopic (exact) mass is 180 g/mol. The van der Waals surface area contributed by atoms with Gasteiger partial charge in [-0.1, -0.05) is 13.8 Å². The maximum Gasteiger partial charge on any atom is 0.126 e. The van der Waals surface area contributed by atoms with Crippen LogP contribution in [0.5, 0.6) is 0 Å². The number of benzene rings is 1. The van der Waals surface area contributed by atoms with Crippen LogP contribution in [-0.4, -0.2) is 10.2 Å². The number of aromatic nitrogens is 2. The van der Waals surface area contributed by atoms with Crippen molar-refractivity contribution in [2.24, 2.45) is 0 Å². The molecule has 3 heteroatoms. The summed E-state index contributed by atoms with van der Waals surface area (Å²) in [6, 6.07) is 3.13. The Kier molecular flexibility index (Phi) is 3.01. The van der Waals surface area contributed by atoms with Crippen molar-refractivity contribution in [3.05, 3.63) is 29.7 Å². The maximum atomic E-state index is 12.9. The number of aromatic amines is 1. The summed E-state index contributed by atoms with van der Waals surface area (Å²) in [7, 11) is 0. The molecule has 1 aromatic heterocycles. The van der Waals surface area contributed by atoms with E-state index in [1.807, 2.05) is 13.8 Å². The number of nitrogens with one attached hydrogen (secondary N) is 1. The Bertz CT molecular complexity index is 393. The molecule has 0 radical (unpaired) electrons. The molecule has 0 saturated carbocycles. The van der Waals surface area contributed by atoms with Gasteiger partial charge in [-0.15, -0.1) is 0 Å². The van der Waals surface area contributed by atoms with Crippen LogP contribution in [-0.2, 0) is 0 Å². The fourth-order valence-electron chi connectivity index (χ4n) is 1.13. The zero-order valence-electron chi connectivity index (χ0n) is 8.06. The number of nitrogens with zero attached hydrogens (tertiary/aromatic N) is 1. The molecule has 2 nitrogen and oxygen atoms in total. The quantitative estimate of drug-likeness (QED) is 0.663. The number of aryl methyl sites for hydroxylation is 1. The van der Waals surface area contributed by atoms with Crippen LogP contribution in [0.15, 0.2) is 18.3 Å². The molecule has 0 aliphatic rings. The van der Waals surface area contributed by atoms with Gasteiger partial charge in [-0.3, -0.25) is 5.10 Å². The van der Waals surface area contributed by atoms with Gasteiger partial charge in [-0.2, -0.15) is 5.10 Å². The molecule has 0 spiro atoms. The number of hydrogen-bond donors (Lipinski definition) is 1. The third-order valence-electron chi connectivity index (χ3n) is 1.83. The smallest absolute Gasteiger partial charge is 0.126 e. The molecule has 0 unspecified atom stereocenters. The van der Waals surface area contributed by atoms with Gasteiger partial charge in [0.2, 0.25) is 0 Å². The summed E-state index contributed by atoms with van der Waals surface area (Å²) in [4.78, 5) is 0. The number of hydrogen-bond acceptors (Lipinski definition) is 1. The van der Waals surface area contributed by atoms with Crippen LogP contribution in [0.1, 0.15) is 19.4 Å². The van der Waals surface area contributed by atoms with Crippen LogP contribution in [0.25, 0.3) is 10.9 Å². The summed E-state index contributed by atoms with van der Waals surface area (Å²) in [5.74, 6) is -0.182. The predicted octanol–water partition coefficient (Wildman–Crippen LogP) is 3.04. The first-order valence-corrected chi connectivity index (χ1v) is 4.37. The summed E-state index contributed by atoms with van der Waals surface area (Å²) in [6.45, 7) is 5.74.